The van der Waals surface area contributed by atoms with Crippen molar-refractivity contribution >= 4 is 21.9 Å². The molecule has 1 rings (SSSR count). The first-order valence-corrected chi connectivity index (χ1v) is 5.26. The summed E-state index contributed by atoms with van der Waals surface area (Å²) in [5.74, 6) is -0.233. The molecule has 4 nitrogen and oxygen atoms in total. The third kappa shape index (κ3) is 3.89. The summed E-state index contributed by atoms with van der Waals surface area (Å²) < 4.78 is 6.24. The summed E-state index contributed by atoms with van der Waals surface area (Å²) in [6, 6.07) is 5.46. The molecule has 3 N–H and O–H groups in total. The number of ether oxygens (including phenoxy) is 1. The normalized spacial score (nSPS) is 10.0. The number of rotatable bonds is 5. The summed E-state index contributed by atoms with van der Waals surface area (Å²) in [5.41, 5.74) is 6.39. The van der Waals surface area contributed by atoms with Crippen LogP contribution >= 0.6 is 15.9 Å². The number of carboxylic acids is 1. The largest absolute Gasteiger partial charge is 0.493 e. The molecular formula is C10H12BrNO3. The highest BCUT2D eigenvalue weighted by molar-refractivity contribution is 9.10. The van der Waals surface area contributed by atoms with Gasteiger partial charge >= 0.3 is 5.97 Å². The number of hydrogen-bond acceptors (Lipinski definition) is 3. The molecule has 0 bridgehead atoms. The molecule has 0 aliphatic rings. The standard InChI is InChI=1S/C10H12BrNO3/c11-8-1-2-9(7(5-8)6-12)15-4-3-10(13)14/h1-2,5H,3-4,6,12H2,(H,13,14). The molecule has 0 atom stereocenters. The van der Waals surface area contributed by atoms with Crippen LogP contribution in [0.3, 0.4) is 0 Å². The smallest absolute Gasteiger partial charge is 0.306 e. The van der Waals surface area contributed by atoms with Crippen molar-refractivity contribution in [2.24, 2.45) is 5.73 Å². The summed E-state index contributed by atoms with van der Waals surface area (Å²) in [5, 5.41) is 8.45. The first kappa shape index (κ1) is 12.0. The summed E-state index contributed by atoms with van der Waals surface area (Å²) in [6.45, 7) is 0.520. The average molecular weight is 274 g/mol. The first-order chi connectivity index (χ1) is 7.13. The molecule has 15 heavy (non-hydrogen) atoms. The lowest BCUT2D eigenvalue weighted by molar-refractivity contribution is -0.137. The fourth-order valence-corrected chi connectivity index (χ4v) is 1.51. The van der Waals surface area contributed by atoms with E-state index in [0.717, 1.165) is 10.0 Å². The second kappa shape index (κ2) is 5.72. The minimum absolute atomic E-state index is 0.0138. The van der Waals surface area contributed by atoms with Crippen LogP contribution in [0.2, 0.25) is 0 Å². The van der Waals surface area contributed by atoms with E-state index in [1.165, 1.54) is 0 Å². The van der Waals surface area contributed by atoms with E-state index in [2.05, 4.69) is 15.9 Å². The Morgan fingerprint density at radius 2 is 2.27 bits per heavy atom. The van der Waals surface area contributed by atoms with Gasteiger partial charge in [0, 0.05) is 16.6 Å². The van der Waals surface area contributed by atoms with Gasteiger partial charge in [-0.1, -0.05) is 15.9 Å². The highest BCUT2D eigenvalue weighted by Crippen LogP contribution is 2.22. The van der Waals surface area contributed by atoms with E-state index in [4.69, 9.17) is 15.6 Å². The van der Waals surface area contributed by atoms with Gasteiger partial charge in [0.25, 0.3) is 0 Å². The fraction of sp³-hybridized carbons (Fsp3) is 0.300. The second-order valence-electron chi connectivity index (χ2n) is 2.95. The fourth-order valence-electron chi connectivity index (χ4n) is 1.10. The van der Waals surface area contributed by atoms with Crippen molar-refractivity contribution in [1.82, 2.24) is 0 Å². The Morgan fingerprint density at radius 1 is 1.53 bits per heavy atom. The highest BCUT2D eigenvalue weighted by Gasteiger charge is 2.04. The van der Waals surface area contributed by atoms with Gasteiger partial charge in [-0.15, -0.1) is 0 Å². The van der Waals surface area contributed by atoms with Gasteiger partial charge in [0.2, 0.25) is 0 Å². The maximum atomic E-state index is 10.3. The monoisotopic (exact) mass is 273 g/mol. The quantitative estimate of drug-likeness (QED) is 0.858. The molecule has 0 unspecified atom stereocenters. The Bertz CT molecular complexity index is 355. The van der Waals surface area contributed by atoms with Gasteiger partial charge in [-0.05, 0) is 18.2 Å². The molecule has 0 heterocycles. The Morgan fingerprint density at radius 3 is 2.87 bits per heavy atom. The summed E-state index contributed by atoms with van der Waals surface area (Å²) in [6.07, 6.45) is -0.0138. The summed E-state index contributed by atoms with van der Waals surface area (Å²) >= 11 is 3.32. The number of hydrogen-bond donors (Lipinski definition) is 2. The van der Waals surface area contributed by atoms with Crippen molar-refractivity contribution in [2.45, 2.75) is 13.0 Å². The van der Waals surface area contributed by atoms with Crippen LogP contribution in [0, 0.1) is 0 Å². The lowest BCUT2D eigenvalue weighted by atomic mass is 10.2. The molecule has 0 fully saturated rings. The van der Waals surface area contributed by atoms with Gasteiger partial charge in [0.05, 0.1) is 13.0 Å². The van der Waals surface area contributed by atoms with Gasteiger partial charge in [0.15, 0.2) is 0 Å². The molecule has 5 heteroatoms. The molecule has 82 valence electrons. The second-order valence-corrected chi connectivity index (χ2v) is 3.86. The molecule has 0 aromatic heterocycles. The molecule has 0 amide bonds. The molecule has 0 spiro atoms. The van der Waals surface area contributed by atoms with Crippen LogP contribution in [0.15, 0.2) is 22.7 Å². The summed E-state index contributed by atoms with van der Waals surface area (Å²) in [7, 11) is 0. The van der Waals surface area contributed by atoms with E-state index in [-0.39, 0.29) is 13.0 Å². The van der Waals surface area contributed by atoms with Gasteiger partial charge in [-0.25, -0.2) is 0 Å². The minimum Gasteiger partial charge on any atom is -0.493 e. The number of nitrogens with two attached hydrogens (primary N) is 1. The van der Waals surface area contributed by atoms with Crippen molar-refractivity contribution < 1.29 is 14.6 Å². The number of carbonyl (C=O) groups is 1. The molecule has 1 aromatic rings. The number of halogens is 1. The lowest BCUT2D eigenvalue weighted by Gasteiger charge is -2.09. The van der Waals surface area contributed by atoms with Crippen LogP contribution < -0.4 is 10.5 Å². The third-order valence-electron chi connectivity index (χ3n) is 1.82. The maximum Gasteiger partial charge on any atom is 0.306 e. The van der Waals surface area contributed by atoms with Gasteiger partial charge in [-0.2, -0.15) is 0 Å². The molecule has 0 aliphatic heterocycles. The van der Waals surface area contributed by atoms with Gasteiger partial charge in [-0.3, -0.25) is 4.79 Å². The van der Waals surface area contributed by atoms with Crippen LogP contribution in [0.4, 0.5) is 0 Å². The van der Waals surface area contributed by atoms with Crippen molar-refractivity contribution in [3.63, 3.8) is 0 Å². The Hall–Kier alpha value is -1.07. The zero-order valence-corrected chi connectivity index (χ0v) is 9.66. The molecule has 0 radical (unpaired) electrons. The lowest BCUT2D eigenvalue weighted by Crippen LogP contribution is -2.07. The average Bonchev–Trinajstić information content (AvgIpc) is 2.19. The van der Waals surface area contributed by atoms with E-state index in [9.17, 15) is 4.79 Å². The Kier molecular flexibility index (Phi) is 4.58. The van der Waals surface area contributed by atoms with Crippen LogP contribution in [0.5, 0.6) is 5.75 Å². The summed E-state index contributed by atoms with van der Waals surface area (Å²) in [4.78, 5) is 10.3. The van der Waals surface area contributed by atoms with Crippen molar-refractivity contribution in [1.29, 1.82) is 0 Å². The van der Waals surface area contributed by atoms with Crippen LogP contribution in [-0.4, -0.2) is 17.7 Å². The topological polar surface area (TPSA) is 72.5 Å². The molecular weight excluding hydrogens is 262 g/mol. The van der Waals surface area contributed by atoms with E-state index in [1.54, 1.807) is 6.07 Å². The van der Waals surface area contributed by atoms with Crippen molar-refractivity contribution in [3.8, 4) is 5.75 Å². The predicted octanol–water partition coefficient (Wildman–Crippen LogP) is 1.76. The van der Waals surface area contributed by atoms with Crippen LogP contribution in [-0.2, 0) is 11.3 Å². The van der Waals surface area contributed by atoms with E-state index in [1.807, 2.05) is 12.1 Å². The van der Waals surface area contributed by atoms with Crippen LogP contribution in [0.1, 0.15) is 12.0 Å². The van der Waals surface area contributed by atoms with E-state index in [0.29, 0.717) is 12.3 Å². The first-order valence-electron chi connectivity index (χ1n) is 4.46. The van der Waals surface area contributed by atoms with Crippen LogP contribution in [0.25, 0.3) is 0 Å². The number of carboxylic acid groups (broad SMARTS) is 1. The Balaban J connectivity index is 2.63. The zero-order valence-electron chi connectivity index (χ0n) is 8.07. The van der Waals surface area contributed by atoms with Gasteiger partial charge < -0.3 is 15.6 Å². The molecule has 0 aliphatic carbocycles. The SMILES string of the molecule is NCc1cc(Br)ccc1OCCC(=O)O. The maximum absolute atomic E-state index is 10.3. The number of benzene rings is 1. The Labute approximate surface area is 96.2 Å². The molecule has 0 saturated heterocycles. The minimum atomic E-state index is -0.874. The number of aliphatic carboxylic acids is 1. The predicted molar refractivity (Wildman–Crippen MR) is 59.8 cm³/mol. The zero-order chi connectivity index (χ0) is 11.3. The highest BCUT2D eigenvalue weighted by atomic mass is 79.9. The van der Waals surface area contributed by atoms with Gasteiger partial charge in [0.1, 0.15) is 5.75 Å². The third-order valence-corrected chi connectivity index (χ3v) is 2.31. The van der Waals surface area contributed by atoms with Crippen molar-refractivity contribution in [2.75, 3.05) is 6.61 Å². The molecule has 0 saturated carbocycles. The van der Waals surface area contributed by atoms with E-state index >= 15 is 0 Å². The van der Waals surface area contributed by atoms with E-state index < -0.39 is 5.97 Å². The van der Waals surface area contributed by atoms with Crippen molar-refractivity contribution in [3.05, 3.63) is 28.2 Å². The molecule has 1 aromatic carbocycles.